The lowest BCUT2D eigenvalue weighted by Crippen LogP contribution is -2.05. The van der Waals surface area contributed by atoms with Crippen LogP contribution in [-0.2, 0) is 6.54 Å². The van der Waals surface area contributed by atoms with Crippen LogP contribution in [-0.4, -0.2) is 14.8 Å². The van der Waals surface area contributed by atoms with Gasteiger partial charge in [-0.1, -0.05) is 12.1 Å². The van der Waals surface area contributed by atoms with Gasteiger partial charge in [-0.05, 0) is 18.1 Å². The zero-order valence-corrected chi connectivity index (χ0v) is 11.1. The molecule has 0 aliphatic heterocycles. The van der Waals surface area contributed by atoms with Gasteiger partial charge in [0.1, 0.15) is 0 Å². The Labute approximate surface area is 119 Å². The summed E-state index contributed by atoms with van der Waals surface area (Å²) >= 11 is 0. The molecule has 0 aliphatic rings. The number of benzene rings is 1. The van der Waals surface area contributed by atoms with Crippen LogP contribution in [0.5, 0.6) is 0 Å². The Kier molecular flexibility index (Phi) is 4.07. The van der Waals surface area contributed by atoms with Crippen LogP contribution < -0.4 is 5.32 Å². The van der Waals surface area contributed by atoms with Gasteiger partial charge in [-0.25, -0.2) is 4.98 Å². The normalized spacial score (nSPS) is 10.1. The number of non-ortho nitro benzene ring substituents is 1. The Morgan fingerprint density at radius 1 is 1.14 bits per heavy atom. The number of rotatable bonds is 5. The molecule has 1 heterocycles. The lowest BCUT2D eigenvalue weighted by Gasteiger charge is -2.06. The molecule has 0 saturated carbocycles. The van der Waals surface area contributed by atoms with E-state index in [0.717, 1.165) is 5.56 Å². The van der Waals surface area contributed by atoms with Gasteiger partial charge in [0.15, 0.2) is 0 Å². The molecule has 0 amide bonds. The number of nitrogens with zero attached hydrogens (tertiary/aromatic N) is 3. The predicted molar refractivity (Wildman–Crippen MR) is 76.1 cm³/mol. The van der Waals surface area contributed by atoms with Crippen LogP contribution >= 0.6 is 0 Å². The fraction of sp³-hybridized carbons (Fsp3) is 0.154. The largest absolute Gasteiger partial charge is 0.360 e. The molecule has 0 atom stereocenters. The van der Waals surface area contributed by atoms with Gasteiger partial charge in [0.25, 0.3) is 5.69 Å². The Bertz CT molecular complexity index is 685. The molecule has 1 aromatic heterocycles. The van der Waals surface area contributed by atoms with Gasteiger partial charge in [0.2, 0.25) is 5.82 Å². The topological polar surface area (TPSA) is 111 Å². The molecule has 8 nitrogen and oxygen atoms in total. The van der Waals surface area contributed by atoms with Crippen molar-refractivity contribution in [1.29, 1.82) is 0 Å². The maximum absolute atomic E-state index is 11.0. The molecule has 0 saturated heterocycles. The first kappa shape index (κ1) is 14.4. The predicted octanol–water partition coefficient (Wildman–Crippen LogP) is 2.82. The zero-order chi connectivity index (χ0) is 15.4. The Morgan fingerprint density at radius 3 is 2.38 bits per heavy atom. The van der Waals surface area contributed by atoms with E-state index in [1.54, 1.807) is 19.1 Å². The molecule has 1 N–H and O–H groups in total. The molecule has 0 bridgehead atoms. The van der Waals surface area contributed by atoms with Crippen LogP contribution in [0.15, 0.2) is 36.5 Å². The molecule has 8 heteroatoms. The third-order valence-corrected chi connectivity index (χ3v) is 2.81. The summed E-state index contributed by atoms with van der Waals surface area (Å²) in [5.74, 6) is 0.170. The lowest BCUT2D eigenvalue weighted by molar-refractivity contribution is -0.384. The van der Waals surface area contributed by atoms with Crippen LogP contribution in [0.2, 0.25) is 0 Å². The number of nitro groups is 2. The van der Waals surface area contributed by atoms with Gasteiger partial charge in [0.05, 0.1) is 9.85 Å². The van der Waals surface area contributed by atoms with Crippen LogP contribution in [0.25, 0.3) is 0 Å². The molecular weight excluding hydrogens is 276 g/mol. The minimum Gasteiger partial charge on any atom is -0.360 e. The van der Waals surface area contributed by atoms with Crippen LogP contribution in [0.1, 0.15) is 11.1 Å². The maximum Gasteiger partial charge on any atom is 0.311 e. The molecule has 21 heavy (non-hydrogen) atoms. The van der Waals surface area contributed by atoms with E-state index >= 15 is 0 Å². The van der Waals surface area contributed by atoms with E-state index in [9.17, 15) is 20.2 Å². The van der Waals surface area contributed by atoms with E-state index in [4.69, 9.17) is 0 Å². The van der Waals surface area contributed by atoms with Gasteiger partial charge >= 0.3 is 5.69 Å². The van der Waals surface area contributed by atoms with E-state index in [-0.39, 0.29) is 23.7 Å². The fourth-order valence-corrected chi connectivity index (χ4v) is 1.75. The van der Waals surface area contributed by atoms with Crippen molar-refractivity contribution in [2.75, 3.05) is 5.32 Å². The third-order valence-electron chi connectivity index (χ3n) is 2.81. The standard InChI is InChI=1S/C13H12N4O4/c1-9-6-12(17(20)21)13(14-7-9)15-8-10-2-4-11(5-3-10)16(18)19/h2-7H,8H2,1H3,(H,14,15). The number of nitro benzene ring substituents is 1. The Hall–Kier alpha value is -3.03. The summed E-state index contributed by atoms with van der Waals surface area (Å²) in [6.07, 6.45) is 1.53. The smallest absolute Gasteiger partial charge is 0.311 e. The van der Waals surface area contributed by atoms with Gasteiger partial charge in [-0.2, -0.15) is 0 Å². The Balaban J connectivity index is 2.13. The molecular formula is C13H12N4O4. The summed E-state index contributed by atoms with van der Waals surface area (Å²) in [6.45, 7) is 2.01. The van der Waals surface area contributed by atoms with Crippen molar-refractivity contribution in [2.45, 2.75) is 13.5 Å². The molecule has 0 spiro atoms. The third kappa shape index (κ3) is 3.50. The number of nitrogens with one attached hydrogen (secondary N) is 1. The van der Waals surface area contributed by atoms with E-state index in [1.165, 1.54) is 24.4 Å². The van der Waals surface area contributed by atoms with Crippen molar-refractivity contribution in [3.05, 3.63) is 67.9 Å². The molecule has 2 rings (SSSR count). The summed E-state index contributed by atoms with van der Waals surface area (Å²) in [6, 6.07) is 7.38. The van der Waals surface area contributed by atoms with E-state index in [1.807, 2.05) is 0 Å². The minimum absolute atomic E-state index is 0.00167. The first-order valence-corrected chi connectivity index (χ1v) is 6.05. The molecule has 108 valence electrons. The number of hydrogen-bond acceptors (Lipinski definition) is 6. The number of pyridine rings is 1. The van der Waals surface area contributed by atoms with Gasteiger partial charge < -0.3 is 5.32 Å². The van der Waals surface area contributed by atoms with Gasteiger partial charge in [-0.3, -0.25) is 20.2 Å². The van der Waals surface area contributed by atoms with Crippen molar-refractivity contribution < 1.29 is 9.85 Å². The number of aryl methyl sites for hydroxylation is 1. The second-order valence-electron chi connectivity index (χ2n) is 4.41. The molecule has 0 radical (unpaired) electrons. The highest BCUT2D eigenvalue weighted by Crippen LogP contribution is 2.23. The number of aromatic nitrogens is 1. The summed E-state index contributed by atoms with van der Waals surface area (Å²) < 4.78 is 0. The molecule has 1 aromatic carbocycles. The highest BCUT2D eigenvalue weighted by Gasteiger charge is 2.15. The zero-order valence-electron chi connectivity index (χ0n) is 11.1. The molecule has 0 unspecified atom stereocenters. The number of hydrogen-bond donors (Lipinski definition) is 1. The highest BCUT2D eigenvalue weighted by molar-refractivity contribution is 5.56. The van der Waals surface area contributed by atoms with Crippen molar-refractivity contribution in [1.82, 2.24) is 4.98 Å². The van der Waals surface area contributed by atoms with Crippen molar-refractivity contribution in [2.24, 2.45) is 0 Å². The second kappa shape index (κ2) is 5.95. The quantitative estimate of drug-likeness (QED) is 0.668. The summed E-state index contributed by atoms with van der Waals surface area (Å²) in [5.41, 5.74) is 1.36. The summed E-state index contributed by atoms with van der Waals surface area (Å²) in [7, 11) is 0. The average Bonchev–Trinajstić information content (AvgIpc) is 2.46. The van der Waals surface area contributed by atoms with Crippen LogP contribution in [0, 0.1) is 27.2 Å². The second-order valence-corrected chi connectivity index (χ2v) is 4.41. The molecule has 2 aromatic rings. The molecule has 0 aliphatic carbocycles. The van der Waals surface area contributed by atoms with Crippen molar-refractivity contribution in [3.8, 4) is 0 Å². The van der Waals surface area contributed by atoms with Gasteiger partial charge in [-0.15, -0.1) is 0 Å². The van der Waals surface area contributed by atoms with Crippen molar-refractivity contribution >= 4 is 17.2 Å². The maximum atomic E-state index is 11.0. The lowest BCUT2D eigenvalue weighted by atomic mass is 10.2. The summed E-state index contributed by atoms with van der Waals surface area (Å²) in [5, 5.41) is 24.4. The van der Waals surface area contributed by atoms with Crippen LogP contribution in [0.3, 0.4) is 0 Å². The summed E-state index contributed by atoms with van der Waals surface area (Å²) in [4.78, 5) is 24.5. The Morgan fingerprint density at radius 2 is 1.81 bits per heavy atom. The first-order valence-electron chi connectivity index (χ1n) is 6.05. The number of anilines is 1. The fourth-order valence-electron chi connectivity index (χ4n) is 1.75. The van der Waals surface area contributed by atoms with E-state index < -0.39 is 9.85 Å². The van der Waals surface area contributed by atoms with Crippen LogP contribution in [0.4, 0.5) is 17.2 Å². The van der Waals surface area contributed by atoms with Crippen molar-refractivity contribution in [3.63, 3.8) is 0 Å². The average molecular weight is 288 g/mol. The van der Waals surface area contributed by atoms with E-state index in [2.05, 4.69) is 10.3 Å². The SMILES string of the molecule is Cc1cnc(NCc2ccc([N+](=O)[O-])cc2)c([N+](=O)[O-])c1. The van der Waals surface area contributed by atoms with E-state index in [0.29, 0.717) is 5.56 Å². The highest BCUT2D eigenvalue weighted by atomic mass is 16.6. The molecule has 0 fully saturated rings. The monoisotopic (exact) mass is 288 g/mol. The minimum atomic E-state index is -0.502. The van der Waals surface area contributed by atoms with Gasteiger partial charge in [0, 0.05) is 30.9 Å². The first-order chi connectivity index (χ1) is 9.97.